The van der Waals surface area contributed by atoms with Gasteiger partial charge in [-0.1, -0.05) is 49.5 Å². The molecule has 0 spiro atoms. The molecule has 0 aromatic heterocycles. The lowest BCUT2D eigenvalue weighted by Crippen LogP contribution is -2.04. The SMILES string of the molecule is CCCC(C)C(Cl)c1ccc(Cl)cc1Cl. The van der Waals surface area contributed by atoms with Crippen LogP contribution in [0, 0.1) is 5.92 Å². The molecule has 0 radical (unpaired) electrons. The Hall–Kier alpha value is 0.0900. The zero-order valence-electron chi connectivity index (χ0n) is 8.93. The second-order valence-corrected chi connectivity index (χ2v) is 5.15. The maximum absolute atomic E-state index is 6.37. The maximum atomic E-state index is 6.37. The lowest BCUT2D eigenvalue weighted by atomic mass is 9.96. The molecular formula is C12H15Cl3. The van der Waals surface area contributed by atoms with Crippen LogP contribution in [-0.2, 0) is 0 Å². The lowest BCUT2D eigenvalue weighted by Gasteiger charge is -2.18. The van der Waals surface area contributed by atoms with Gasteiger partial charge in [0.1, 0.15) is 0 Å². The number of halogens is 3. The fourth-order valence-electron chi connectivity index (χ4n) is 1.63. The molecule has 0 fully saturated rings. The highest BCUT2D eigenvalue weighted by Gasteiger charge is 2.18. The monoisotopic (exact) mass is 264 g/mol. The molecule has 0 aliphatic rings. The van der Waals surface area contributed by atoms with Crippen molar-refractivity contribution in [1.82, 2.24) is 0 Å². The Morgan fingerprint density at radius 1 is 1.27 bits per heavy atom. The standard InChI is InChI=1S/C12H15Cl3/c1-3-4-8(2)12(15)10-6-5-9(13)7-11(10)14/h5-8,12H,3-4H2,1-2H3. The third-order valence-corrected chi connectivity index (χ3v) is 3.73. The summed E-state index contributed by atoms with van der Waals surface area (Å²) in [5.74, 6) is 0.426. The van der Waals surface area contributed by atoms with Crippen molar-refractivity contribution in [2.75, 3.05) is 0 Å². The largest absolute Gasteiger partial charge is 0.117 e. The van der Waals surface area contributed by atoms with Gasteiger partial charge in [0.25, 0.3) is 0 Å². The van der Waals surface area contributed by atoms with Gasteiger partial charge in [-0.3, -0.25) is 0 Å². The van der Waals surface area contributed by atoms with E-state index in [1.807, 2.05) is 12.1 Å². The van der Waals surface area contributed by atoms with Crippen molar-refractivity contribution >= 4 is 34.8 Å². The third-order valence-electron chi connectivity index (χ3n) is 2.50. The van der Waals surface area contributed by atoms with Crippen LogP contribution in [0.3, 0.4) is 0 Å². The van der Waals surface area contributed by atoms with E-state index in [1.165, 1.54) is 0 Å². The van der Waals surface area contributed by atoms with Crippen molar-refractivity contribution in [3.8, 4) is 0 Å². The van der Waals surface area contributed by atoms with Gasteiger partial charge < -0.3 is 0 Å². The molecule has 2 unspecified atom stereocenters. The van der Waals surface area contributed by atoms with E-state index < -0.39 is 0 Å². The second kappa shape index (κ2) is 5.98. The van der Waals surface area contributed by atoms with Gasteiger partial charge >= 0.3 is 0 Å². The Balaban J connectivity index is 2.86. The Kier molecular flexibility index (Phi) is 5.25. The number of benzene rings is 1. The van der Waals surface area contributed by atoms with Crippen molar-refractivity contribution in [3.63, 3.8) is 0 Å². The van der Waals surface area contributed by atoms with Crippen LogP contribution in [-0.4, -0.2) is 0 Å². The average Bonchev–Trinajstić information content (AvgIpc) is 2.17. The molecule has 0 saturated carbocycles. The van der Waals surface area contributed by atoms with Gasteiger partial charge in [-0.15, -0.1) is 11.6 Å². The van der Waals surface area contributed by atoms with Crippen molar-refractivity contribution in [3.05, 3.63) is 33.8 Å². The van der Waals surface area contributed by atoms with Crippen LogP contribution in [0.1, 0.15) is 37.6 Å². The molecule has 2 atom stereocenters. The summed E-state index contributed by atoms with van der Waals surface area (Å²) in [6.07, 6.45) is 2.24. The minimum Gasteiger partial charge on any atom is -0.117 e. The topological polar surface area (TPSA) is 0 Å². The van der Waals surface area contributed by atoms with E-state index in [0.29, 0.717) is 16.0 Å². The number of hydrogen-bond donors (Lipinski definition) is 0. The van der Waals surface area contributed by atoms with E-state index >= 15 is 0 Å². The highest BCUT2D eigenvalue weighted by molar-refractivity contribution is 6.35. The molecule has 3 heteroatoms. The predicted octanol–water partition coefficient (Wildman–Crippen LogP) is 5.71. The van der Waals surface area contributed by atoms with Crippen LogP contribution in [0.15, 0.2) is 18.2 Å². The zero-order valence-corrected chi connectivity index (χ0v) is 11.2. The molecule has 1 rings (SSSR count). The summed E-state index contributed by atoms with van der Waals surface area (Å²) in [4.78, 5) is 0. The summed E-state index contributed by atoms with van der Waals surface area (Å²) in [5, 5.41) is 1.27. The van der Waals surface area contributed by atoms with Crippen LogP contribution in [0.2, 0.25) is 10.0 Å². The van der Waals surface area contributed by atoms with Gasteiger partial charge in [-0.05, 0) is 30.0 Å². The van der Waals surface area contributed by atoms with Crippen LogP contribution in [0.25, 0.3) is 0 Å². The first-order valence-corrected chi connectivity index (χ1v) is 6.34. The van der Waals surface area contributed by atoms with E-state index in [2.05, 4.69) is 13.8 Å². The normalized spacial score (nSPS) is 15.0. The van der Waals surface area contributed by atoms with Crippen LogP contribution >= 0.6 is 34.8 Å². The number of rotatable bonds is 4. The van der Waals surface area contributed by atoms with Gasteiger partial charge in [0.2, 0.25) is 0 Å². The van der Waals surface area contributed by atoms with E-state index in [4.69, 9.17) is 34.8 Å². The first kappa shape index (κ1) is 13.2. The molecule has 84 valence electrons. The van der Waals surface area contributed by atoms with E-state index in [9.17, 15) is 0 Å². The molecule has 1 aromatic carbocycles. The second-order valence-electron chi connectivity index (χ2n) is 3.83. The quantitative estimate of drug-likeness (QED) is 0.612. The Morgan fingerprint density at radius 3 is 2.47 bits per heavy atom. The highest BCUT2D eigenvalue weighted by Crippen LogP contribution is 2.36. The minimum absolute atomic E-state index is 0.0327. The smallest absolute Gasteiger partial charge is 0.0625 e. The number of hydrogen-bond acceptors (Lipinski definition) is 0. The van der Waals surface area contributed by atoms with E-state index in [1.54, 1.807) is 6.07 Å². The molecule has 0 bridgehead atoms. The van der Waals surface area contributed by atoms with Gasteiger partial charge in [0, 0.05) is 10.0 Å². The summed E-state index contributed by atoms with van der Waals surface area (Å²) in [7, 11) is 0. The third kappa shape index (κ3) is 3.55. The first-order chi connectivity index (χ1) is 7.06. The van der Waals surface area contributed by atoms with Crippen molar-refractivity contribution in [1.29, 1.82) is 0 Å². The molecule has 0 N–H and O–H groups in total. The zero-order chi connectivity index (χ0) is 11.4. The van der Waals surface area contributed by atoms with E-state index in [-0.39, 0.29) is 5.38 Å². The Labute approximate surface area is 107 Å². The number of alkyl halides is 1. The molecule has 0 amide bonds. The average molecular weight is 266 g/mol. The van der Waals surface area contributed by atoms with Crippen molar-refractivity contribution in [2.45, 2.75) is 32.1 Å². The summed E-state index contributed by atoms with van der Waals surface area (Å²) in [5.41, 5.74) is 0.976. The summed E-state index contributed by atoms with van der Waals surface area (Å²) < 4.78 is 0. The Morgan fingerprint density at radius 2 is 1.93 bits per heavy atom. The van der Waals surface area contributed by atoms with Gasteiger partial charge in [0.05, 0.1) is 5.38 Å². The first-order valence-electron chi connectivity index (χ1n) is 5.15. The summed E-state index contributed by atoms with van der Waals surface area (Å²) >= 11 is 18.3. The van der Waals surface area contributed by atoms with Gasteiger partial charge in [-0.25, -0.2) is 0 Å². The Bertz CT molecular complexity index is 323. The molecule has 15 heavy (non-hydrogen) atoms. The molecule has 0 aliphatic carbocycles. The molecular weight excluding hydrogens is 250 g/mol. The fraction of sp³-hybridized carbons (Fsp3) is 0.500. The lowest BCUT2D eigenvalue weighted by molar-refractivity contribution is 0.507. The van der Waals surface area contributed by atoms with Gasteiger partial charge in [-0.2, -0.15) is 0 Å². The van der Waals surface area contributed by atoms with Crippen LogP contribution in [0.4, 0.5) is 0 Å². The summed E-state index contributed by atoms with van der Waals surface area (Å²) in [6, 6.07) is 5.48. The summed E-state index contributed by atoms with van der Waals surface area (Å²) in [6.45, 7) is 4.30. The molecule has 0 saturated heterocycles. The maximum Gasteiger partial charge on any atom is 0.0625 e. The van der Waals surface area contributed by atoms with Gasteiger partial charge in [0.15, 0.2) is 0 Å². The highest BCUT2D eigenvalue weighted by atomic mass is 35.5. The van der Waals surface area contributed by atoms with Crippen molar-refractivity contribution < 1.29 is 0 Å². The molecule has 0 nitrogen and oxygen atoms in total. The van der Waals surface area contributed by atoms with E-state index in [0.717, 1.165) is 18.4 Å². The molecule has 0 heterocycles. The molecule has 1 aromatic rings. The molecule has 0 aliphatic heterocycles. The van der Waals surface area contributed by atoms with Crippen LogP contribution < -0.4 is 0 Å². The fourth-order valence-corrected chi connectivity index (χ4v) is 2.53. The minimum atomic E-state index is -0.0327. The van der Waals surface area contributed by atoms with Crippen LogP contribution in [0.5, 0.6) is 0 Å². The van der Waals surface area contributed by atoms with Crippen molar-refractivity contribution in [2.24, 2.45) is 5.92 Å². The predicted molar refractivity (Wildman–Crippen MR) is 69.1 cm³/mol.